The van der Waals surface area contributed by atoms with Crippen LogP contribution in [-0.4, -0.2) is 15.9 Å². The molecule has 0 unspecified atom stereocenters. The van der Waals surface area contributed by atoms with Crippen LogP contribution in [0.25, 0.3) is 0 Å². The second-order valence-electron chi connectivity index (χ2n) is 3.73. The van der Waals surface area contributed by atoms with Crippen molar-refractivity contribution in [2.75, 3.05) is 5.32 Å². The number of aromatic nitrogens is 2. The Morgan fingerprint density at radius 1 is 1.39 bits per heavy atom. The van der Waals surface area contributed by atoms with E-state index in [9.17, 15) is 9.59 Å². The predicted octanol–water partition coefficient (Wildman–Crippen LogP) is 2.09. The molecule has 0 saturated heterocycles. The molecule has 0 fully saturated rings. The molecule has 2 aromatic heterocycles. The van der Waals surface area contributed by atoms with Gasteiger partial charge in [-0.25, -0.2) is 0 Å². The van der Waals surface area contributed by atoms with Crippen molar-refractivity contribution in [2.24, 2.45) is 0 Å². The molecule has 0 aliphatic heterocycles. The van der Waals surface area contributed by atoms with Crippen LogP contribution in [0, 0.1) is 6.92 Å². The van der Waals surface area contributed by atoms with Gasteiger partial charge in [0.15, 0.2) is 0 Å². The Morgan fingerprint density at radius 2 is 2.17 bits per heavy atom. The lowest BCUT2D eigenvalue weighted by Crippen LogP contribution is -2.23. The van der Waals surface area contributed by atoms with E-state index in [0.29, 0.717) is 11.4 Å². The molecule has 6 heteroatoms. The number of amides is 1. The average molecular weight is 308 g/mol. The first-order valence-corrected chi connectivity index (χ1v) is 5.97. The van der Waals surface area contributed by atoms with Crippen molar-refractivity contribution in [3.63, 3.8) is 0 Å². The van der Waals surface area contributed by atoms with Gasteiger partial charge in [-0.05, 0) is 41.1 Å². The zero-order valence-corrected chi connectivity index (χ0v) is 11.1. The maximum absolute atomic E-state index is 11.9. The molecule has 0 bridgehead atoms. The number of pyridine rings is 2. The standard InChI is InChI=1S/C12H10BrN3O2/c1-7-2-3-10(11(17)15-7)12(18)16-9-4-8(13)5-14-6-9/h2-6H,1H3,(H,15,17)(H,16,18). The largest absolute Gasteiger partial charge is 0.326 e. The third kappa shape index (κ3) is 2.84. The number of hydrogen-bond donors (Lipinski definition) is 2. The summed E-state index contributed by atoms with van der Waals surface area (Å²) >= 11 is 3.25. The predicted molar refractivity (Wildman–Crippen MR) is 71.7 cm³/mol. The Balaban J connectivity index is 2.25. The van der Waals surface area contributed by atoms with Crippen LogP contribution >= 0.6 is 15.9 Å². The van der Waals surface area contributed by atoms with E-state index in [0.717, 1.165) is 4.47 Å². The quantitative estimate of drug-likeness (QED) is 0.892. The Morgan fingerprint density at radius 3 is 2.83 bits per heavy atom. The SMILES string of the molecule is Cc1ccc(C(=O)Nc2cncc(Br)c2)c(=O)[nH]1. The van der Waals surface area contributed by atoms with Gasteiger partial charge in [0, 0.05) is 16.4 Å². The molecular weight excluding hydrogens is 298 g/mol. The molecule has 2 N–H and O–H groups in total. The van der Waals surface area contributed by atoms with Crippen LogP contribution in [0.1, 0.15) is 16.1 Å². The van der Waals surface area contributed by atoms with Gasteiger partial charge in [0.2, 0.25) is 0 Å². The van der Waals surface area contributed by atoms with E-state index in [-0.39, 0.29) is 5.56 Å². The number of carbonyl (C=O) groups is 1. The second-order valence-corrected chi connectivity index (χ2v) is 4.65. The first-order valence-electron chi connectivity index (χ1n) is 5.18. The van der Waals surface area contributed by atoms with Gasteiger partial charge in [-0.3, -0.25) is 14.6 Å². The Bertz CT molecular complexity index is 652. The summed E-state index contributed by atoms with van der Waals surface area (Å²) in [5.74, 6) is -0.462. The molecule has 0 spiro atoms. The van der Waals surface area contributed by atoms with Crippen LogP contribution in [0.3, 0.4) is 0 Å². The lowest BCUT2D eigenvalue weighted by molar-refractivity contribution is 0.102. The van der Waals surface area contributed by atoms with Crippen molar-refractivity contribution in [3.05, 3.63) is 56.7 Å². The number of nitrogens with zero attached hydrogens (tertiary/aromatic N) is 1. The molecule has 1 amide bonds. The molecule has 92 valence electrons. The number of H-pyrrole nitrogens is 1. The molecule has 2 aromatic rings. The van der Waals surface area contributed by atoms with Gasteiger partial charge in [-0.2, -0.15) is 0 Å². The van der Waals surface area contributed by atoms with Gasteiger partial charge in [0.1, 0.15) is 5.56 Å². The molecule has 0 aliphatic rings. The number of aryl methyl sites for hydroxylation is 1. The van der Waals surface area contributed by atoms with Crippen molar-refractivity contribution in [1.82, 2.24) is 9.97 Å². The highest BCUT2D eigenvalue weighted by Crippen LogP contribution is 2.14. The minimum atomic E-state index is -0.462. The van der Waals surface area contributed by atoms with Crippen molar-refractivity contribution < 1.29 is 4.79 Å². The average Bonchev–Trinajstić information content (AvgIpc) is 2.28. The van der Waals surface area contributed by atoms with Crippen LogP contribution in [0.15, 0.2) is 39.9 Å². The summed E-state index contributed by atoms with van der Waals surface area (Å²) in [7, 11) is 0. The fourth-order valence-corrected chi connectivity index (χ4v) is 1.79. The zero-order valence-electron chi connectivity index (χ0n) is 9.53. The highest BCUT2D eigenvalue weighted by Gasteiger charge is 2.10. The maximum atomic E-state index is 11.9. The van der Waals surface area contributed by atoms with Gasteiger partial charge in [-0.1, -0.05) is 0 Å². The number of halogens is 1. The lowest BCUT2D eigenvalue weighted by Gasteiger charge is -2.04. The summed E-state index contributed by atoms with van der Waals surface area (Å²) in [5, 5.41) is 2.61. The molecule has 0 saturated carbocycles. The summed E-state index contributed by atoms with van der Waals surface area (Å²) in [4.78, 5) is 30.0. The smallest absolute Gasteiger partial charge is 0.261 e. The van der Waals surface area contributed by atoms with E-state index in [1.807, 2.05) is 0 Å². The van der Waals surface area contributed by atoms with E-state index in [1.165, 1.54) is 12.3 Å². The third-order valence-corrected chi connectivity index (χ3v) is 2.70. The van der Waals surface area contributed by atoms with Gasteiger partial charge < -0.3 is 10.3 Å². The summed E-state index contributed by atoms with van der Waals surface area (Å²) in [6.45, 7) is 1.75. The number of anilines is 1. The van der Waals surface area contributed by atoms with E-state index in [2.05, 4.69) is 31.2 Å². The van der Waals surface area contributed by atoms with Crippen LogP contribution in [-0.2, 0) is 0 Å². The topological polar surface area (TPSA) is 74.8 Å². The van der Waals surface area contributed by atoms with Crippen LogP contribution in [0.4, 0.5) is 5.69 Å². The molecule has 5 nitrogen and oxygen atoms in total. The fraction of sp³-hybridized carbons (Fsp3) is 0.0833. The number of rotatable bonds is 2. The highest BCUT2D eigenvalue weighted by atomic mass is 79.9. The van der Waals surface area contributed by atoms with Crippen LogP contribution in [0.2, 0.25) is 0 Å². The maximum Gasteiger partial charge on any atom is 0.261 e. The first-order chi connectivity index (χ1) is 8.56. The second kappa shape index (κ2) is 5.14. The van der Waals surface area contributed by atoms with Crippen LogP contribution < -0.4 is 10.9 Å². The van der Waals surface area contributed by atoms with Crippen molar-refractivity contribution in [1.29, 1.82) is 0 Å². The lowest BCUT2D eigenvalue weighted by atomic mass is 10.2. The van der Waals surface area contributed by atoms with Crippen molar-refractivity contribution >= 4 is 27.5 Å². The summed E-state index contributed by atoms with van der Waals surface area (Å²) in [6, 6.07) is 4.87. The van der Waals surface area contributed by atoms with Gasteiger partial charge in [0.25, 0.3) is 11.5 Å². The normalized spacial score (nSPS) is 10.1. The van der Waals surface area contributed by atoms with E-state index in [4.69, 9.17) is 0 Å². The van der Waals surface area contributed by atoms with E-state index >= 15 is 0 Å². The van der Waals surface area contributed by atoms with Gasteiger partial charge >= 0.3 is 0 Å². The summed E-state index contributed by atoms with van der Waals surface area (Å²) < 4.78 is 0.748. The van der Waals surface area contributed by atoms with E-state index < -0.39 is 11.5 Å². The monoisotopic (exact) mass is 307 g/mol. The molecule has 2 rings (SSSR count). The number of nitrogens with one attached hydrogen (secondary N) is 2. The van der Waals surface area contributed by atoms with Gasteiger partial charge in [-0.15, -0.1) is 0 Å². The number of carbonyl (C=O) groups excluding carboxylic acids is 1. The Hall–Kier alpha value is -1.95. The van der Waals surface area contributed by atoms with Crippen molar-refractivity contribution in [2.45, 2.75) is 6.92 Å². The Labute approximate surface area is 111 Å². The number of hydrogen-bond acceptors (Lipinski definition) is 3. The molecule has 0 radical (unpaired) electrons. The molecule has 0 aromatic carbocycles. The molecular formula is C12H10BrN3O2. The first kappa shape index (κ1) is 12.5. The fourth-order valence-electron chi connectivity index (χ4n) is 1.43. The third-order valence-electron chi connectivity index (χ3n) is 2.26. The van der Waals surface area contributed by atoms with Gasteiger partial charge in [0.05, 0.1) is 11.9 Å². The minimum absolute atomic E-state index is 0.0700. The highest BCUT2D eigenvalue weighted by molar-refractivity contribution is 9.10. The molecule has 0 aliphatic carbocycles. The Kier molecular flexibility index (Phi) is 3.57. The molecule has 0 atom stereocenters. The van der Waals surface area contributed by atoms with E-state index in [1.54, 1.807) is 25.3 Å². The summed E-state index contributed by atoms with van der Waals surface area (Å²) in [6.07, 6.45) is 3.11. The number of aromatic amines is 1. The molecule has 18 heavy (non-hydrogen) atoms. The molecule has 2 heterocycles. The summed E-state index contributed by atoms with van der Waals surface area (Å²) in [5.41, 5.74) is 0.894. The van der Waals surface area contributed by atoms with Crippen LogP contribution in [0.5, 0.6) is 0 Å². The zero-order chi connectivity index (χ0) is 13.1. The minimum Gasteiger partial charge on any atom is -0.326 e. The van der Waals surface area contributed by atoms with Crippen molar-refractivity contribution in [3.8, 4) is 0 Å².